The number of anilines is 1. The summed E-state index contributed by atoms with van der Waals surface area (Å²) >= 11 is 0. The quantitative estimate of drug-likeness (QED) is 0.848. The normalized spacial score (nSPS) is 22.2. The Labute approximate surface area is 137 Å². The van der Waals surface area contributed by atoms with Crippen molar-refractivity contribution in [3.8, 4) is 5.82 Å². The van der Waals surface area contributed by atoms with Gasteiger partial charge in [0.05, 0.1) is 18.1 Å². The number of hydrogen-bond acceptors (Lipinski definition) is 5. The minimum absolute atomic E-state index is 0.677. The van der Waals surface area contributed by atoms with Gasteiger partial charge in [0.1, 0.15) is 5.82 Å². The van der Waals surface area contributed by atoms with Gasteiger partial charge in [-0.3, -0.25) is 9.88 Å². The monoisotopic (exact) mass is 312 g/mol. The average molecular weight is 312 g/mol. The molecule has 2 aliphatic heterocycles. The van der Waals surface area contributed by atoms with Gasteiger partial charge in [-0.1, -0.05) is 6.42 Å². The van der Waals surface area contributed by atoms with Crippen molar-refractivity contribution in [1.82, 2.24) is 24.6 Å². The second-order valence-electron chi connectivity index (χ2n) is 6.71. The van der Waals surface area contributed by atoms with Crippen LogP contribution in [-0.4, -0.2) is 56.9 Å². The number of hydrogen-bond donors (Lipinski definition) is 0. The lowest BCUT2D eigenvalue weighted by atomic mass is 9.99. The zero-order valence-corrected chi connectivity index (χ0v) is 13.9. The summed E-state index contributed by atoms with van der Waals surface area (Å²) in [5, 5.41) is 4.52. The molecule has 0 saturated carbocycles. The molecule has 1 atom stereocenters. The topological polar surface area (TPSA) is 50.1 Å². The van der Waals surface area contributed by atoms with Gasteiger partial charge >= 0.3 is 0 Å². The maximum atomic E-state index is 4.82. The average Bonchev–Trinajstić information content (AvgIpc) is 2.93. The highest BCUT2D eigenvalue weighted by Crippen LogP contribution is 2.24. The highest BCUT2D eigenvalue weighted by atomic mass is 15.4. The van der Waals surface area contributed by atoms with Gasteiger partial charge in [-0.2, -0.15) is 5.10 Å². The summed E-state index contributed by atoms with van der Waals surface area (Å²) < 4.78 is 1.88. The molecule has 0 amide bonds. The molecular formula is C17H24N6. The third-order valence-electron chi connectivity index (χ3n) is 5.00. The zero-order chi connectivity index (χ0) is 15.8. The molecule has 2 fully saturated rings. The highest BCUT2D eigenvalue weighted by Gasteiger charge is 2.29. The predicted octanol–water partition coefficient (Wildman–Crippen LogP) is 1.95. The van der Waals surface area contributed by atoms with Gasteiger partial charge in [-0.25, -0.2) is 9.67 Å². The number of aryl methyl sites for hydroxylation is 2. The summed E-state index contributed by atoms with van der Waals surface area (Å²) in [4.78, 5) is 14.3. The van der Waals surface area contributed by atoms with E-state index in [1.807, 2.05) is 17.8 Å². The minimum Gasteiger partial charge on any atom is -0.352 e. The van der Waals surface area contributed by atoms with Crippen LogP contribution in [0.5, 0.6) is 0 Å². The van der Waals surface area contributed by atoms with Crippen LogP contribution in [0.15, 0.2) is 18.5 Å². The van der Waals surface area contributed by atoms with E-state index in [1.54, 1.807) is 6.20 Å². The molecule has 23 heavy (non-hydrogen) atoms. The van der Waals surface area contributed by atoms with Crippen molar-refractivity contribution >= 4 is 5.82 Å². The van der Waals surface area contributed by atoms with Crippen LogP contribution in [0.2, 0.25) is 0 Å². The Hall–Kier alpha value is -1.95. The van der Waals surface area contributed by atoms with E-state index in [-0.39, 0.29) is 0 Å². The van der Waals surface area contributed by atoms with E-state index in [2.05, 4.69) is 32.9 Å². The number of rotatable bonds is 2. The van der Waals surface area contributed by atoms with E-state index in [0.29, 0.717) is 6.04 Å². The molecule has 2 aromatic rings. The zero-order valence-electron chi connectivity index (χ0n) is 13.9. The third kappa shape index (κ3) is 2.83. The Kier molecular flexibility index (Phi) is 3.77. The molecule has 0 aliphatic carbocycles. The van der Waals surface area contributed by atoms with E-state index >= 15 is 0 Å². The first kappa shape index (κ1) is 14.6. The maximum absolute atomic E-state index is 4.82. The fourth-order valence-corrected chi connectivity index (χ4v) is 3.82. The van der Waals surface area contributed by atoms with Crippen molar-refractivity contribution < 1.29 is 0 Å². The van der Waals surface area contributed by atoms with Crippen molar-refractivity contribution in [2.75, 3.05) is 31.1 Å². The first-order chi connectivity index (χ1) is 11.2. The Bertz CT molecular complexity index is 694. The number of piperazine rings is 1. The molecule has 0 unspecified atom stereocenters. The molecule has 0 bridgehead atoms. The van der Waals surface area contributed by atoms with Crippen LogP contribution in [0.1, 0.15) is 30.7 Å². The SMILES string of the molecule is Cc1cc(C)n(-c2cncc(N3CCN4CCCC[C@H]4C3)n2)n1. The number of piperidine rings is 1. The van der Waals surface area contributed by atoms with Gasteiger partial charge in [0, 0.05) is 31.4 Å². The second-order valence-corrected chi connectivity index (χ2v) is 6.71. The summed E-state index contributed by atoms with van der Waals surface area (Å²) in [5.41, 5.74) is 2.09. The molecule has 0 spiro atoms. The Morgan fingerprint density at radius 3 is 2.74 bits per heavy atom. The van der Waals surface area contributed by atoms with E-state index < -0.39 is 0 Å². The Morgan fingerprint density at radius 2 is 1.91 bits per heavy atom. The smallest absolute Gasteiger partial charge is 0.174 e. The molecule has 2 aliphatic rings. The first-order valence-electron chi connectivity index (χ1n) is 8.55. The summed E-state index contributed by atoms with van der Waals surface area (Å²) in [5.74, 6) is 1.78. The standard InChI is InChI=1S/C17H24N6/c1-13-9-14(2)23(20-13)17-11-18-10-16(19-17)22-8-7-21-6-4-3-5-15(21)12-22/h9-11,15H,3-8,12H2,1-2H3/t15-/m0/s1. The largest absolute Gasteiger partial charge is 0.352 e. The van der Waals surface area contributed by atoms with Crippen LogP contribution in [0.25, 0.3) is 5.82 Å². The van der Waals surface area contributed by atoms with E-state index in [4.69, 9.17) is 4.98 Å². The number of nitrogens with zero attached hydrogens (tertiary/aromatic N) is 6. The lowest BCUT2D eigenvalue weighted by Crippen LogP contribution is -2.55. The minimum atomic E-state index is 0.677. The van der Waals surface area contributed by atoms with Crippen LogP contribution in [0.4, 0.5) is 5.82 Å². The van der Waals surface area contributed by atoms with E-state index in [0.717, 1.165) is 42.7 Å². The molecule has 2 saturated heterocycles. The number of aromatic nitrogens is 4. The van der Waals surface area contributed by atoms with Crippen LogP contribution in [-0.2, 0) is 0 Å². The van der Waals surface area contributed by atoms with Crippen molar-refractivity contribution in [2.24, 2.45) is 0 Å². The molecule has 4 heterocycles. The summed E-state index contributed by atoms with van der Waals surface area (Å²) in [6.45, 7) is 8.55. The number of fused-ring (bicyclic) bond motifs is 1. The maximum Gasteiger partial charge on any atom is 0.174 e. The molecule has 6 nitrogen and oxygen atoms in total. The second kappa shape index (κ2) is 5.92. The van der Waals surface area contributed by atoms with Gasteiger partial charge in [0.2, 0.25) is 0 Å². The van der Waals surface area contributed by atoms with Gasteiger partial charge in [0.25, 0.3) is 0 Å². The third-order valence-corrected chi connectivity index (χ3v) is 5.00. The molecular weight excluding hydrogens is 288 g/mol. The van der Waals surface area contributed by atoms with E-state index in [9.17, 15) is 0 Å². The summed E-state index contributed by atoms with van der Waals surface area (Å²) in [7, 11) is 0. The van der Waals surface area contributed by atoms with Gasteiger partial charge < -0.3 is 4.90 Å². The molecule has 0 aromatic carbocycles. The van der Waals surface area contributed by atoms with Crippen molar-refractivity contribution in [1.29, 1.82) is 0 Å². The fraction of sp³-hybridized carbons (Fsp3) is 0.588. The molecule has 0 radical (unpaired) electrons. The molecule has 2 aromatic heterocycles. The van der Waals surface area contributed by atoms with Crippen LogP contribution >= 0.6 is 0 Å². The Balaban J connectivity index is 1.58. The van der Waals surface area contributed by atoms with E-state index in [1.165, 1.54) is 25.8 Å². The molecule has 0 N–H and O–H groups in total. The van der Waals surface area contributed by atoms with Gasteiger partial charge in [-0.05, 0) is 39.3 Å². The molecule has 4 rings (SSSR count). The van der Waals surface area contributed by atoms with Crippen LogP contribution < -0.4 is 4.90 Å². The first-order valence-corrected chi connectivity index (χ1v) is 8.55. The Morgan fingerprint density at radius 1 is 1.04 bits per heavy atom. The summed E-state index contributed by atoms with van der Waals surface area (Å²) in [6, 6.07) is 2.74. The predicted molar refractivity (Wildman–Crippen MR) is 90.1 cm³/mol. The van der Waals surface area contributed by atoms with Gasteiger partial charge in [0.15, 0.2) is 5.82 Å². The summed E-state index contributed by atoms with van der Waals surface area (Å²) in [6.07, 6.45) is 7.69. The molecule has 122 valence electrons. The van der Waals surface area contributed by atoms with Crippen molar-refractivity contribution in [2.45, 2.75) is 39.2 Å². The fourth-order valence-electron chi connectivity index (χ4n) is 3.82. The molecule has 6 heteroatoms. The lowest BCUT2D eigenvalue weighted by Gasteiger charge is -2.44. The van der Waals surface area contributed by atoms with Crippen LogP contribution in [0.3, 0.4) is 0 Å². The van der Waals surface area contributed by atoms with Crippen molar-refractivity contribution in [3.63, 3.8) is 0 Å². The van der Waals surface area contributed by atoms with Crippen LogP contribution in [0, 0.1) is 13.8 Å². The van der Waals surface area contributed by atoms with Crippen molar-refractivity contribution in [3.05, 3.63) is 29.8 Å². The van der Waals surface area contributed by atoms with Gasteiger partial charge in [-0.15, -0.1) is 0 Å². The lowest BCUT2D eigenvalue weighted by molar-refractivity contribution is 0.133. The highest BCUT2D eigenvalue weighted by molar-refractivity contribution is 5.41.